The molecule has 0 radical (unpaired) electrons. The van der Waals surface area contributed by atoms with Gasteiger partial charge in [-0.25, -0.2) is 9.59 Å². The van der Waals surface area contributed by atoms with E-state index < -0.39 is 11.9 Å². The minimum atomic E-state index is -1.03. The fourth-order valence-corrected chi connectivity index (χ4v) is 1.02. The van der Waals surface area contributed by atoms with Crippen molar-refractivity contribution in [3.8, 4) is 11.8 Å². The van der Waals surface area contributed by atoms with Crippen molar-refractivity contribution in [3.63, 3.8) is 0 Å². The van der Waals surface area contributed by atoms with Crippen molar-refractivity contribution in [2.75, 3.05) is 6.61 Å². The first kappa shape index (κ1) is 11.8. The predicted molar refractivity (Wildman–Crippen MR) is 56.9 cm³/mol. The molecule has 0 saturated heterocycles. The molecule has 0 saturated carbocycles. The van der Waals surface area contributed by atoms with Gasteiger partial charge in [-0.2, -0.15) is 0 Å². The van der Waals surface area contributed by atoms with Crippen LogP contribution in [0.25, 0.3) is 0 Å². The number of rotatable bonds is 2. The van der Waals surface area contributed by atoms with Crippen LogP contribution in [0.5, 0.6) is 0 Å². The van der Waals surface area contributed by atoms with Gasteiger partial charge in [0, 0.05) is 11.5 Å². The molecule has 0 aliphatic carbocycles. The van der Waals surface area contributed by atoms with Crippen LogP contribution < -0.4 is 0 Å². The Hall–Kier alpha value is -2.28. The lowest BCUT2D eigenvalue weighted by molar-refractivity contribution is -0.136. The van der Waals surface area contributed by atoms with Crippen molar-refractivity contribution < 1.29 is 19.4 Å². The molecule has 0 aromatic heterocycles. The van der Waals surface area contributed by atoms with Crippen LogP contribution in [0.3, 0.4) is 0 Å². The van der Waals surface area contributed by atoms with E-state index in [1.165, 1.54) is 12.1 Å². The third-order valence-corrected chi connectivity index (χ3v) is 1.69. The summed E-state index contributed by atoms with van der Waals surface area (Å²) < 4.78 is 4.61. The smallest absolute Gasteiger partial charge is 0.384 e. The third-order valence-electron chi connectivity index (χ3n) is 1.69. The lowest BCUT2D eigenvalue weighted by Crippen LogP contribution is -2.00. The summed E-state index contributed by atoms with van der Waals surface area (Å²) in [7, 11) is 0. The predicted octanol–water partition coefficient (Wildman–Crippen LogP) is 1.30. The second kappa shape index (κ2) is 5.56. The summed E-state index contributed by atoms with van der Waals surface area (Å²) in [5.41, 5.74) is 0.601. The molecule has 82 valence electrons. The molecule has 4 nitrogen and oxygen atoms in total. The van der Waals surface area contributed by atoms with Gasteiger partial charge >= 0.3 is 11.9 Å². The lowest BCUT2D eigenvalue weighted by atomic mass is 10.1. The molecule has 0 aliphatic heterocycles. The molecular formula is C12H10O4. The van der Waals surface area contributed by atoms with Gasteiger partial charge in [-0.1, -0.05) is 12.0 Å². The van der Waals surface area contributed by atoms with Crippen LogP contribution in [0.15, 0.2) is 24.3 Å². The topological polar surface area (TPSA) is 63.6 Å². The summed E-state index contributed by atoms with van der Waals surface area (Å²) in [5, 5.41) is 8.73. The molecular weight excluding hydrogens is 208 g/mol. The number of ether oxygens (including phenoxy) is 1. The van der Waals surface area contributed by atoms with Gasteiger partial charge in [-0.3, -0.25) is 0 Å². The summed E-state index contributed by atoms with van der Waals surface area (Å²) in [6.45, 7) is 1.95. The van der Waals surface area contributed by atoms with Gasteiger partial charge in [0.25, 0.3) is 0 Å². The molecule has 0 aliphatic rings. The first-order chi connectivity index (χ1) is 7.63. The van der Waals surface area contributed by atoms with E-state index >= 15 is 0 Å². The largest absolute Gasteiger partial charge is 0.478 e. The highest BCUT2D eigenvalue weighted by atomic mass is 16.5. The molecule has 0 bridgehead atoms. The van der Waals surface area contributed by atoms with Crippen molar-refractivity contribution in [1.82, 2.24) is 0 Å². The molecule has 1 aromatic rings. The van der Waals surface area contributed by atoms with Gasteiger partial charge in [0.15, 0.2) is 0 Å². The maximum Gasteiger partial charge on any atom is 0.384 e. The third kappa shape index (κ3) is 3.46. The molecule has 0 unspecified atom stereocenters. The zero-order chi connectivity index (χ0) is 12.0. The van der Waals surface area contributed by atoms with Crippen LogP contribution in [0.4, 0.5) is 0 Å². The Kier molecular flexibility index (Phi) is 4.10. The minimum absolute atomic E-state index is 0.135. The van der Waals surface area contributed by atoms with Crippen molar-refractivity contribution in [2.45, 2.75) is 6.92 Å². The first-order valence-electron chi connectivity index (χ1n) is 4.65. The number of carboxylic acid groups (broad SMARTS) is 1. The minimum Gasteiger partial charge on any atom is -0.478 e. The van der Waals surface area contributed by atoms with Crippen LogP contribution in [0, 0.1) is 11.8 Å². The second-order valence-corrected chi connectivity index (χ2v) is 2.86. The van der Waals surface area contributed by atoms with Crippen LogP contribution >= 0.6 is 0 Å². The molecule has 0 fully saturated rings. The van der Waals surface area contributed by atoms with Gasteiger partial charge in [0.05, 0.1) is 12.2 Å². The quantitative estimate of drug-likeness (QED) is 0.600. The number of carbonyl (C=O) groups is 2. The SMILES string of the molecule is CCOC(=O)C#Cc1cccc(C(=O)O)c1. The Morgan fingerprint density at radius 3 is 2.81 bits per heavy atom. The summed E-state index contributed by atoms with van der Waals surface area (Å²) in [6.07, 6.45) is 0. The fraction of sp³-hybridized carbons (Fsp3) is 0.167. The normalized spacial score (nSPS) is 8.81. The Morgan fingerprint density at radius 2 is 2.19 bits per heavy atom. The molecule has 0 atom stereocenters. The molecule has 4 heteroatoms. The Bertz CT molecular complexity index is 465. The van der Waals surface area contributed by atoms with Crippen LogP contribution in [0.2, 0.25) is 0 Å². The maximum absolute atomic E-state index is 10.9. The van der Waals surface area contributed by atoms with Gasteiger partial charge in [-0.05, 0) is 25.1 Å². The Labute approximate surface area is 92.9 Å². The molecule has 1 aromatic carbocycles. The van der Waals surface area contributed by atoms with Gasteiger partial charge in [0.2, 0.25) is 0 Å². The van der Waals surface area contributed by atoms with E-state index in [4.69, 9.17) is 5.11 Å². The monoisotopic (exact) mass is 218 g/mol. The average Bonchev–Trinajstić information content (AvgIpc) is 2.27. The summed E-state index contributed by atoms with van der Waals surface area (Å²) in [4.78, 5) is 21.6. The van der Waals surface area contributed by atoms with Crippen LogP contribution in [-0.4, -0.2) is 23.7 Å². The van der Waals surface area contributed by atoms with Crippen LogP contribution in [-0.2, 0) is 9.53 Å². The van der Waals surface area contributed by atoms with Gasteiger partial charge < -0.3 is 9.84 Å². The lowest BCUT2D eigenvalue weighted by Gasteiger charge is -1.94. The van der Waals surface area contributed by atoms with E-state index in [0.29, 0.717) is 5.56 Å². The van der Waals surface area contributed by atoms with Crippen molar-refractivity contribution in [3.05, 3.63) is 35.4 Å². The fourth-order valence-electron chi connectivity index (χ4n) is 1.02. The van der Waals surface area contributed by atoms with E-state index in [2.05, 4.69) is 16.6 Å². The van der Waals surface area contributed by atoms with E-state index in [1.807, 2.05) is 0 Å². The highest BCUT2D eigenvalue weighted by molar-refractivity contribution is 5.90. The highest BCUT2D eigenvalue weighted by Gasteiger charge is 2.01. The molecule has 1 rings (SSSR count). The van der Waals surface area contributed by atoms with E-state index in [0.717, 1.165) is 0 Å². The molecule has 0 amide bonds. The van der Waals surface area contributed by atoms with Crippen LogP contribution in [0.1, 0.15) is 22.8 Å². The molecule has 0 spiro atoms. The van der Waals surface area contributed by atoms with Gasteiger partial charge in [0.1, 0.15) is 0 Å². The van der Waals surface area contributed by atoms with Gasteiger partial charge in [-0.15, -0.1) is 0 Å². The Balaban J connectivity index is 2.85. The maximum atomic E-state index is 10.9. The number of hydrogen-bond donors (Lipinski definition) is 1. The van der Waals surface area contributed by atoms with Crippen molar-refractivity contribution in [1.29, 1.82) is 0 Å². The molecule has 0 heterocycles. The highest BCUT2D eigenvalue weighted by Crippen LogP contribution is 2.03. The second-order valence-electron chi connectivity index (χ2n) is 2.86. The summed E-state index contributed by atoms with van der Waals surface area (Å²) in [6, 6.07) is 6.05. The van der Waals surface area contributed by atoms with E-state index in [1.54, 1.807) is 19.1 Å². The van der Waals surface area contributed by atoms with E-state index in [9.17, 15) is 9.59 Å². The summed E-state index contributed by atoms with van der Waals surface area (Å²) >= 11 is 0. The average molecular weight is 218 g/mol. The molecule has 1 N–H and O–H groups in total. The standard InChI is InChI=1S/C12H10O4/c1-2-16-11(13)7-6-9-4-3-5-10(8-9)12(14)15/h3-5,8H,2H2,1H3,(H,14,15). The van der Waals surface area contributed by atoms with Crippen molar-refractivity contribution in [2.24, 2.45) is 0 Å². The molecule has 16 heavy (non-hydrogen) atoms. The zero-order valence-corrected chi connectivity index (χ0v) is 8.69. The zero-order valence-electron chi connectivity index (χ0n) is 8.69. The number of carboxylic acids is 1. The number of esters is 1. The summed E-state index contributed by atoms with van der Waals surface area (Å²) in [5.74, 6) is 3.15. The number of benzene rings is 1. The van der Waals surface area contributed by atoms with Crippen molar-refractivity contribution >= 4 is 11.9 Å². The number of hydrogen-bond acceptors (Lipinski definition) is 3. The number of aromatic carboxylic acids is 1. The van der Waals surface area contributed by atoms with E-state index in [-0.39, 0.29) is 12.2 Å². The number of carbonyl (C=O) groups excluding carboxylic acids is 1. The Morgan fingerprint density at radius 1 is 1.44 bits per heavy atom. The first-order valence-corrected chi connectivity index (χ1v) is 4.65.